The molecular formula is C26H31BrN4O4. The molecule has 186 valence electrons. The topological polar surface area (TPSA) is 89.7 Å². The van der Waals surface area contributed by atoms with Crippen molar-refractivity contribution in [1.29, 1.82) is 0 Å². The molecule has 1 aliphatic rings. The molecule has 2 aromatic carbocycles. The van der Waals surface area contributed by atoms with E-state index < -0.39 is 0 Å². The number of halogens is 1. The number of nitrogens with one attached hydrogen (secondary N) is 1. The molecule has 2 heterocycles. The number of aromatic nitrogens is 2. The molecule has 1 fully saturated rings. The maximum absolute atomic E-state index is 12.8. The highest BCUT2D eigenvalue weighted by Gasteiger charge is 2.26. The SMILES string of the molecule is COc1cc(CNC(=O)C2CCN(Cc3nc(-c4cccc(Br)c4)no3)CC2)ccc1OC(C)C. The van der Waals surface area contributed by atoms with Crippen LogP contribution in [-0.2, 0) is 17.9 Å². The highest BCUT2D eigenvalue weighted by molar-refractivity contribution is 9.10. The molecule has 0 spiro atoms. The first-order valence-corrected chi connectivity index (χ1v) is 12.6. The first-order chi connectivity index (χ1) is 16.9. The van der Waals surface area contributed by atoms with Gasteiger partial charge in [0, 0.05) is 22.5 Å². The largest absolute Gasteiger partial charge is 0.493 e. The smallest absolute Gasteiger partial charge is 0.241 e. The summed E-state index contributed by atoms with van der Waals surface area (Å²) < 4.78 is 17.6. The third-order valence-electron chi connectivity index (χ3n) is 5.93. The Labute approximate surface area is 214 Å². The first kappa shape index (κ1) is 25.2. The van der Waals surface area contributed by atoms with E-state index in [-0.39, 0.29) is 17.9 Å². The molecule has 0 atom stereocenters. The summed E-state index contributed by atoms with van der Waals surface area (Å²) in [6.07, 6.45) is 1.65. The molecule has 1 saturated heterocycles. The highest BCUT2D eigenvalue weighted by Crippen LogP contribution is 2.29. The van der Waals surface area contributed by atoms with E-state index in [1.165, 1.54) is 0 Å². The molecule has 8 nitrogen and oxygen atoms in total. The van der Waals surface area contributed by atoms with Gasteiger partial charge in [-0.3, -0.25) is 9.69 Å². The minimum Gasteiger partial charge on any atom is -0.493 e. The lowest BCUT2D eigenvalue weighted by molar-refractivity contribution is -0.126. The fraction of sp³-hybridized carbons (Fsp3) is 0.423. The van der Waals surface area contributed by atoms with Crippen LogP contribution in [-0.4, -0.2) is 47.3 Å². The van der Waals surface area contributed by atoms with Crippen LogP contribution < -0.4 is 14.8 Å². The molecule has 0 radical (unpaired) electrons. The zero-order valence-corrected chi connectivity index (χ0v) is 21.9. The molecule has 1 aliphatic heterocycles. The third kappa shape index (κ3) is 6.82. The van der Waals surface area contributed by atoms with Gasteiger partial charge in [-0.2, -0.15) is 4.98 Å². The lowest BCUT2D eigenvalue weighted by atomic mass is 9.96. The van der Waals surface area contributed by atoms with Crippen molar-refractivity contribution < 1.29 is 18.8 Å². The van der Waals surface area contributed by atoms with Crippen LogP contribution in [0.1, 0.15) is 38.1 Å². The Balaban J connectivity index is 1.24. The molecule has 0 aliphatic carbocycles. The third-order valence-corrected chi connectivity index (χ3v) is 6.42. The lowest BCUT2D eigenvalue weighted by Crippen LogP contribution is -2.40. The van der Waals surface area contributed by atoms with Crippen molar-refractivity contribution in [3.63, 3.8) is 0 Å². The predicted molar refractivity (Wildman–Crippen MR) is 136 cm³/mol. The Morgan fingerprint density at radius 1 is 1.20 bits per heavy atom. The van der Waals surface area contributed by atoms with Crippen LogP contribution >= 0.6 is 15.9 Å². The van der Waals surface area contributed by atoms with Crippen LogP contribution in [0, 0.1) is 5.92 Å². The van der Waals surface area contributed by atoms with Gasteiger partial charge in [0.1, 0.15) is 0 Å². The van der Waals surface area contributed by atoms with Crippen molar-refractivity contribution >= 4 is 21.8 Å². The summed E-state index contributed by atoms with van der Waals surface area (Å²) in [7, 11) is 1.62. The molecule has 4 rings (SSSR count). The second kappa shape index (κ2) is 11.7. The summed E-state index contributed by atoms with van der Waals surface area (Å²) in [5.41, 5.74) is 1.88. The van der Waals surface area contributed by atoms with Gasteiger partial charge in [0.15, 0.2) is 11.5 Å². The van der Waals surface area contributed by atoms with E-state index >= 15 is 0 Å². The van der Waals surface area contributed by atoms with E-state index in [9.17, 15) is 4.79 Å². The van der Waals surface area contributed by atoms with Gasteiger partial charge >= 0.3 is 0 Å². The maximum atomic E-state index is 12.8. The number of benzene rings is 2. The Hall–Kier alpha value is -2.91. The Morgan fingerprint density at radius 2 is 2.00 bits per heavy atom. The number of piperidine rings is 1. The number of amides is 1. The fourth-order valence-electron chi connectivity index (χ4n) is 4.12. The summed E-state index contributed by atoms with van der Waals surface area (Å²) in [5, 5.41) is 7.18. The maximum Gasteiger partial charge on any atom is 0.241 e. The summed E-state index contributed by atoms with van der Waals surface area (Å²) in [6, 6.07) is 13.6. The second-order valence-corrected chi connectivity index (χ2v) is 9.86. The summed E-state index contributed by atoms with van der Waals surface area (Å²) in [6.45, 7) is 6.60. The van der Waals surface area contributed by atoms with E-state index in [1.807, 2.05) is 56.3 Å². The van der Waals surface area contributed by atoms with Crippen LogP contribution in [0.4, 0.5) is 0 Å². The number of methoxy groups -OCH3 is 1. The van der Waals surface area contributed by atoms with Gasteiger partial charge in [-0.15, -0.1) is 0 Å². The number of hydrogen-bond donors (Lipinski definition) is 1. The normalized spacial score (nSPS) is 14.8. The molecule has 0 bridgehead atoms. The lowest BCUT2D eigenvalue weighted by Gasteiger charge is -2.30. The van der Waals surface area contributed by atoms with Crippen molar-refractivity contribution in [2.75, 3.05) is 20.2 Å². The molecule has 0 unspecified atom stereocenters. The average Bonchev–Trinajstić information content (AvgIpc) is 3.32. The van der Waals surface area contributed by atoms with E-state index in [4.69, 9.17) is 14.0 Å². The van der Waals surface area contributed by atoms with Crippen LogP contribution in [0.2, 0.25) is 0 Å². The quantitative estimate of drug-likeness (QED) is 0.414. The van der Waals surface area contributed by atoms with Crippen LogP contribution in [0.3, 0.4) is 0 Å². The summed E-state index contributed by atoms with van der Waals surface area (Å²) >= 11 is 3.47. The Bertz CT molecular complexity index is 1140. The van der Waals surface area contributed by atoms with E-state index in [0.717, 1.165) is 41.5 Å². The molecule has 1 aromatic heterocycles. The van der Waals surface area contributed by atoms with Crippen molar-refractivity contribution in [2.24, 2.45) is 5.92 Å². The summed E-state index contributed by atoms with van der Waals surface area (Å²) in [5.74, 6) is 2.62. The number of likely N-dealkylation sites (tertiary alicyclic amines) is 1. The number of ether oxygens (including phenoxy) is 2. The predicted octanol–water partition coefficient (Wildman–Crippen LogP) is 4.82. The fourth-order valence-corrected chi connectivity index (χ4v) is 4.51. The first-order valence-electron chi connectivity index (χ1n) is 11.8. The Morgan fingerprint density at radius 3 is 2.71 bits per heavy atom. The van der Waals surface area contributed by atoms with Gasteiger partial charge in [-0.25, -0.2) is 0 Å². The monoisotopic (exact) mass is 542 g/mol. The van der Waals surface area contributed by atoms with Gasteiger partial charge in [0.05, 0.1) is 19.8 Å². The zero-order valence-electron chi connectivity index (χ0n) is 20.3. The van der Waals surface area contributed by atoms with Crippen LogP contribution in [0.25, 0.3) is 11.4 Å². The number of hydrogen-bond acceptors (Lipinski definition) is 7. The standard InChI is InChI=1S/C26H31BrN4O4/c1-17(2)34-22-8-7-18(13-23(22)33-3)15-28-26(32)19-9-11-31(12-10-19)16-24-29-25(30-35-24)20-5-4-6-21(27)14-20/h4-8,13-14,17,19H,9-12,15-16H2,1-3H3,(H,28,32). The van der Waals surface area contributed by atoms with Gasteiger partial charge in [0.2, 0.25) is 17.6 Å². The minimum absolute atomic E-state index is 0.00314. The van der Waals surface area contributed by atoms with Crippen molar-refractivity contribution in [2.45, 2.75) is 45.9 Å². The van der Waals surface area contributed by atoms with Crippen molar-refractivity contribution in [1.82, 2.24) is 20.4 Å². The van der Waals surface area contributed by atoms with Gasteiger partial charge < -0.3 is 19.3 Å². The number of carbonyl (C=O) groups is 1. The molecule has 1 N–H and O–H groups in total. The number of rotatable bonds is 9. The van der Waals surface area contributed by atoms with E-state index in [0.29, 0.717) is 36.3 Å². The summed E-state index contributed by atoms with van der Waals surface area (Å²) in [4.78, 5) is 19.5. The molecular weight excluding hydrogens is 512 g/mol. The minimum atomic E-state index is -0.00314. The second-order valence-electron chi connectivity index (χ2n) is 8.94. The van der Waals surface area contributed by atoms with Crippen molar-refractivity contribution in [3.05, 3.63) is 58.4 Å². The van der Waals surface area contributed by atoms with Crippen LogP contribution in [0.15, 0.2) is 51.5 Å². The van der Waals surface area contributed by atoms with Crippen molar-refractivity contribution in [3.8, 4) is 22.9 Å². The zero-order chi connectivity index (χ0) is 24.8. The molecule has 9 heteroatoms. The number of carbonyl (C=O) groups excluding carboxylic acids is 1. The average molecular weight is 543 g/mol. The van der Waals surface area contributed by atoms with Gasteiger partial charge in [0.25, 0.3) is 0 Å². The van der Waals surface area contributed by atoms with Crippen LogP contribution in [0.5, 0.6) is 11.5 Å². The van der Waals surface area contributed by atoms with E-state index in [1.54, 1.807) is 7.11 Å². The molecule has 35 heavy (non-hydrogen) atoms. The van der Waals surface area contributed by atoms with Gasteiger partial charge in [-0.05, 0) is 69.6 Å². The van der Waals surface area contributed by atoms with E-state index in [2.05, 4.69) is 36.3 Å². The molecule has 0 saturated carbocycles. The molecule has 3 aromatic rings. The Kier molecular flexibility index (Phi) is 8.41. The highest BCUT2D eigenvalue weighted by atomic mass is 79.9. The van der Waals surface area contributed by atoms with Gasteiger partial charge in [-0.1, -0.05) is 39.3 Å². The number of nitrogens with zero attached hydrogens (tertiary/aromatic N) is 3. The molecule has 1 amide bonds.